The Labute approximate surface area is 114 Å². The molecule has 1 amide bonds. The maximum atomic E-state index is 12.1. The van der Waals surface area contributed by atoms with Gasteiger partial charge in [-0.3, -0.25) is 9.59 Å². The van der Waals surface area contributed by atoms with Crippen molar-refractivity contribution in [3.8, 4) is 0 Å². The van der Waals surface area contributed by atoms with Gasteiger partial charge in [-0.1, -0.05) is 0 Å². The molecule has 0 bridgehead atoms. The van der Waals surface area contributed by atoms with E-state index in [9.17, 15) is 14.7 Å². The first-order chi connectivity index (χ1) is 8.56. The second-order valence-corrected chi connectivity index (χ2v) is 6.52. The number of carboxylic acid groups (broad SMARTS) is 1. The number of amides is 1. The number of nitrogens with one attached hydrogen (secondary N) is 1. The van der Waals surface area contributed by atoms with Crippen LogP contribution in [-0.4, -0.2) is 35.2 Å². The predicted molar refractivity (Wildman–Crippen MR) is 71.8 cm³/mol. The first-order valence-electron chi connectivity index (χ1n) is 6.66. The summed E-state index contributed by atoms with van der Waals surface area (Å²) in [7, 11) is 1.62. The summed E-state index contributed by atoms with van der Waals surface area (Å²) in [4.78, 5) is 23.4. The molecule has 1 saturated carbocycles. The van der Waals surface area contributed by atoms with E-state index in [1.807, 2.05) is 0 Å². The van der Waals surface area contributed by atoms with Gasteiger partial charge >= 0.3 is 5.97 Å². The van der Waals surface area contributed by atoms with Crippen LogP contribution in [0.3, 0.4) is 0 Å². The van der Waals surface area contributed by atoms with Crippen LogP contribution in [0, 0.1) is 5.41 Å². The van der Waals surface area contributed by atoms with Gasteiger partial charge in [0.25, 0.3) is 0 Å². The van der Waals surface area contributed by atoms with Crippen LogP contribution in [0.1, 0.15) is 53.4 Å². The summed E-state index contributed by atoms with van der Waals surface area (Å²) in [5.74, 6) is -1.08. The molecule has 0 heterocycles. The monoisotopic (exact) mass is 271 g/mol. The molecule has 0 aromatic rings. The quantitative estimate of drug-likeness (QED) is 0.774. The first-order valence-corrected chi connectivity index (χ1v) is 6.66. The van der Waals surface area contributed by atoms with Gasteiger partial charge in [0.05, 0.1) is 17.4 Å². The van der Waals surface area contributed by atoms with E-state index in [0.29, 0.717) is 6.42 Å². The summed E-state index contributed by atoms with van der Waals surface area (Å²) in [6.07, 6.45) is 3.15. The molecule has 0 aromatic carbocycles. The number of ether oxygens (including phenoxy) is 1. The number of aliphatic carboxylic acids is 1. The normalized spacial score (nSPS) is 18.6. The summed E-state index contributed by atoms with van der Waals surface area (Å²) in [5, 5.41) is 12.1. The fraction of sp³-hybridized carbons (Fsp3) is 0.857. The Morgan fingerprint density at radius 3 is 2.11 bits per heavy atom. The second kappa shape index (κ2) is 5.12. The molecule has 1 rings (SSSR count). The molecule has 2 N–H and O–H groups in total. The number of hydrogen-bond donors (Lipinski definition) is 2. The van der Waals surface area contributed by atoms with Gasteiger partial charge in [0.1, 0.15) is 0 Å². The van der Waals surface area contributed by atoms with E-state index in [4.69, 9.17) is 4.74 Å². The average Bonchev–Trinajstić information content (AvgIpc) is 2.22. The third-order valence-corrected chi connectivity index (χ3v) is 4.73. The van der Waals surface area contributed by atoms with Crippen LogP contribution in [0.25, 0.3) is 0 Å². The van der Waals surface area contributed by atoms with Crippen molar-refractivity contribution >= 4 is 11.9 Å². The Kier molecular flexibility index (Phi) is 4.30. The lowest BCUT2D eigenvalue weighted by Gasteiger charge is -2.43. The highest BCUT2D eigenvalue weighted by molar-refractivity contribution is 5.81. The standard InChI is InChI=1S/C14H25NO4/c1-12(2,11(17)18)13(3,4)15-10(16)9-14(19-5)7-6-8-14/h6-9H2,1-5H3,(H,15,16)(H,17,18). The molecule has 1 aliphatic carbocycles. The van der Waals surface area contributed by atoms with E-state index >= 15 is 0 Å². The van der Waals surface area contributed by atoms with Crippen LogP contribution in [0.5, 0.6) is 0 Å². The summed E-state index contributed by atoms with van der Waals surface area (Å²) >= 11 is 0. The number of carboxylic acids is 1. The highest BCUT2D eigenvalue weighted by Crippen LogP contribution is 2.38. The van der Waals surface area contributed by atoms with Crippen LogP contribution >= 0.6 is 0 Å². The smallest absolute Gasteiger partial charge is 0.311 e. The molecule has 0 atom stereocenters. The third-order valence-electron chi connectivity index (χ3n) is 4.73. The van der Waals surface area contributed by atoms with Gasteiger partial charge < -0.3 is 15.2 Å². The van der Waals surface area contributed by atoms with Gasteiger partial charge in [-0.15, -0.1) is 0 Å². The molecule has 5 nitrogen and oxygen atoms in total. The van der Waals surface area contributed by atoms with Crippen molar-refractivity contribution < 1.29 is 19.4 Å². The van der Waals surface area contributed by atoms with Gasteiger partial charge in [0, 0.05) is 12.6 Å². The summed E-state index contributed by atoms with van der Waals surface area (Å²) in [5.41, 5.74) is -2.20. The molecule has 0 unspecified atom stereocenters. The van der Waals surface area contributed by atoms with Crippen molar-refractivity contribution in [2.75, 3.05) is 7.11 Å². The highest BCUT2D eigenvalue weighted by atomic mass is 16.5. The number of carbonyl (C=O) groups excluding carboxylic acids is 1. The lowest BCUT2D eigenvalue weighted by atomic mass is 9.73. The zero-order chi connectivity index (χ0) is 14.9. The lowest BCUT2D eigenvalue weighted by molar-refractivity contribution is -0.152. The average molecular weight is 271 g/mol. The van der Waals surface area contributed by atoms with Gasteiger partial charge in [0.15, 0.2) is 0 Å². The molecule has 0 saturated heterocycles. The van der Waals surface area contributed by atoms with Crippen LogP contribution in [0.15, 0.2) is 0 Å². The number of methoxy groups -OCH3 is 1. The van der Waals surface area contributed by atoms with Crippen molar-refractivity contribution in [3.05, 3.63) is 0 Å². The van der Waals surface area contributed by atoms with Crippen molar-refractivity contribution in [3.63, 3.8) is 0 Å². The zero-order valence-corrected chi connectivity index (χ0v) is 12.5. The van der Waals surface area contributed by atoms with Gasteiger partial charge in [-0.25, -0.2) is 0 Å². The molecular formula is C14H25NO4. The Balaban J connectivity index is 2.68. The van der Waals surface area contributed by atoms with E-state index < -0.39 is 16.9 Å². The molecule has 0 aromatic heterocycles. The maximum absolute atomic E-state index is 12.1. The molecule has 5 heteroatoms. The van der Waals surface area contributed by atoms with Crippen molar-refractivity contribution in [1.82, 2.24) is 5.32 Å². The van der Waals surface area contributed by atoms with Gasteiger partial charge in [-0.05, 0) is 47.0 Å². The Hall–Kier alpha value is -1.10. The summed E-state index contributed by atoms with van der Waals surface area (Å²) in [6.45, 7) is 6.70. The van der Waals surface area contributed by atoms with E-state index in [1.54, 1.807) is 34.8 Å². The first kappa shape index (κ1) is 16.0. The van der Waals surface area contributed by atoms with Crippen molar-refractivity contribution in [2.24, 2.45) is 5.41 Å². The molecule has 0 aliphatic heterocycles. The van der Waals surface area contributed by atoms with E-state index in [-0.39, 0.29) is 11.5 Å². The minimum atomic E-state index is -1.04. The van der Waals surface area contributed by atoms with E-state index in [2.05, 4.69) is 5.32 Å². The summed E-state index contributed by atoms with van der Waals surface area (Å²) in [6, 6.07) is 0. The van der Waals surface area contributed by atoms with E-state index in [1.165, 1.54) is 0 Å². The zero-order valence-electron chi connectivity index (χ0n) is 12.5. The fourth-order valence-corrected chi connectivity index (χ4v) is 2.13. The number of rotatable bonds is 6. The maximum Gasteiger partial charge on any atom is 0.311 e. The molecule has 110 valence electrons. The lowest BCUT2D eigenvalue weighted by Crippen LogP contribution is -2.58. The van der Waals surface area contributed by atoms with Gasteiger partial charge in [0.2, 0.25) is 5.91 Å². The van der Waals surface area contributed by atoms with Crippen molar-refractivity contribution in [1.29, 1.82) is 0 Å². The summed E-state index contributed by atoms with van der Waals surface area (Å²) < 4.78 is 5.41. The Morgan fingerprint density at radius 1 is 1.26 bits per heavy atom. The molecule has 1 aliphatic rings. The minimum absolute atomic E-state index is 0.152. The number of carbonyl (C=O) groups is 2. The van der Waals surface area contributed by atoms with Crippen LogP contribution in [0.2, 0.25) is 0 Å². The molecule has 19 heavy (non-hydrogen) atoms. The molecular weight excluding hydrogens is 246 g/mol. The number of hydrogen-bond acceptors (Lipinski definition) is 3. The predicted octanol–water partition coefficient (Wildman–Crippen LogP) is 1.95. The van der Waals surface area contributed by atoms with Crippen molar-refractivity contribution in [2.45, 2.75) is 64.5 Å². The minimum Gasteiger partial charge on any atom is -0.481 e. The highest BCUT2D eigenvalue weighted by Gasteiger charge is 2.46. The van der Waals surface area contributed by atoms with E-state index in [0.717, 1.165) is 19.3 Å². The largest absolute Gasteiger partial charge is 0.481 e. The Morgan fingerprint density at radius 2 is 1.79 bits per heavy atom. The molecule has 0 radical (unpaired) electrons. The van der Waals surface area contributed by atoms with Crippen LogP contribution < -0.4 is 5.32 Å². The van der Waals surface area contributed by atoms with Crippen LogP contribution in [0.4, 0.5) is 0 Å². The van der Waals surface area contributed by atoms with Crippen LogP contribution in [-0.2, 0) is 14.3 Å². The SMILES string of the molecule is COC1(CC(=O)NC(C)(C)C(C)(C)C(=O)O)CCC1. The van der Waals surface area contributed by atoms with Gasteiger partial charge in [-0.2, -0.15) is 0 Å². The molecule has 0 spiro atoms. The topological polar surface area (TPSA) is 75.6 Å². The second-order valence-electron chi connectivity index (χ2n) is 6.52. The third kappa shape index (κ3) is 3.08. The fourth-order valence-electron chi connectivity index (χ4n) is 2.13. The molecule has 1 fully saturated rings. The Bertz CT molecular complexity index is 364.